The van der Waals surface area contributed by atoms with Gasteiger partial charge in [-0.1, -0.05) is 11.6 Å². The number of hydrogen-bond donors (Lipinski definition) is 0. The Morgan fingerprint density at radius 3 is 2.28 bits per heavy atom. The molecule has 0 N–H and O–H groups in total. The van der Waals surface area contributed by atoms with Crippen LogP contribution in [0, 0.1) is 0 Å². The van der Waals surface area contributed by atoms with Crippen LogP contribution in [0.3, 0.4) is 0 Å². The van der Waals surface area contributed by atoms with E-state index in [1.807, 2.05) is 6.20 Å². The molecule has 0 atom stereocenters. The third-order valence-electron chi connectivity index (χ3n) is 5.32. The van der Waals surface area contributed by atoms with Crippen molar-refractivity contribution in [3.63, 3.8) is 0 Å². The molecule has 0 radical (unpaired) electrons. The van der Waals surface area contributed by atoms with E-state index < -0.39 is 0 Å². The fourth-order valence-corrected chi connectivity index (χ4v) is 3.72. The monoisotopic (exact) mass is 411 g/mol. The van der Waals surface area contributed by atoms with Crippen LogP contribution < -0.4 is 9.64 Å². The van der Waals surface area contributed by atoms with Gasteiger partial charge in [0.1, 0.15) is 5.75 Å². The molecule has 2 aliphatic rings. The van der Waals surface area contributed by atoms with Crippen LogP contribution >= 0.6 is 11.6 Å². The molecule has 2 heterocycles. The average molecular weight is 412 g/mol. The lowest BCUT2D eigenvalue weighted by atomic mass is 9.93. The highest BCUT2D eigenvalue weighted by molar-refractivity contribution is 6.41. The normalized spacial score (nSPS) is 18.9. The van der Waals surface area contributed by atoms with Crippen LogP contribution in [0.4, 0.5) is 5.69 Å². The van der Waals surface area contributed by atoms with Crippen molar-refractivity contribution in [1.29, 1.82) is 0 Å². The van der Waals surface area contributed by atoms with Gasteiger partial charge in [0.05, 0.1) is 23.9 Å². The van der Waals surface area contributed by atoms with Crippen LogP contribution in [0.1, 0.15) is 15.9 Å². The van der Waals surface area contributed by atoms with Crippen LogP contribution in [-0.2, 0) is 4.79 Å². The van der Waals surface area contributed by atoms with Crippen molar-refractivity contribution >= 4 is 34.7 Å². The first kappa shape index (κ1) is 19.5. The van der Waals surface area contributed by atoms with Gasteiger partial charge in [0, 0.05) is 43.0 Å². The molecule has 150 valence electrons. The summed E-state index contributed by atoms with van der Waals surface area (Å²) in [4.78, 5) is 32.2. The topological polar surface area (TPSA) is 53.1 Å². The zero-order valence-electron chi connectivity index (χ0n) is 16.4. The highest BCUT2D eigenvalue weighted by Gasteiger charge is 2.36. The Labute approximate surface area is 174 Å². The summed E-state index contributed by atoms with van der Waals surface area (Å²) in [5, 5.41) is 0.543. The van der Waals surface area contributed by atoms with Gasteiger partial charge in [-0.15, -0.1) is 0 Å². The van der Waals surface area contributed by atoms with Crippen molar-refractivity contribution < 1.29 is 14.3 Å². The molecule has 7 heteroatoms. The molecule has 1 saturated heterocycles. The number of imide groups is 1. The third kappa shape index (κ3) is 3.73. The fourth-order valence-electron chi connectivity index (χ4n) is 3.59. The van der Waals surface area contributed by atoms with Gasteiger partial charge < -0.3 is 14.5 Å². The number of amides is 2. The van der Waals surface area contributed by atoms with Crippen LogP contribution in [0.25, 0.3) is 5.57 Å². The van der Waals surface area contributed by atoms with Gasteiger partial charge in [-0.2, -0.15) is 0 Å². The molecule has 0 aromatic heterocycles. The summed E-state index contributed by atoms with van der Waals surface area (Å²) in [5.41, 5.74) is 2.06. The quantitative estimate of drug-likeness (QED) is 0.573. The maximum atomic E-state index is 13.4. The molecule has 0 aliphatic carbocycles. The second-order valence-corrected chi connectivity index (χ2v) is 7.65. The summed E-state index contributed by atoms with van der Waals surface area (Å²) in [6.07, 6.45) is 1.88. The third-order valence-corrected chi connectivity index (χ3v) is 5.57. The number of carbonyl (C=O) groups is 2. The zero-order chi connectivity index (χ0) is 20.5. The first-order valence-electron chi connectivity index (χ1n) is 9.45. The zero-order valence-corrected chi connectivity index (χ0v) is 17.1. The number of hydrogen-bond acceptors (Lipinski definition) is 5. The minimum Gasteiger partial charge on any atom is -0.497 e. The number of piperazine rings is 1. The number of rotatable bonds is 3. The molecule has 0 saturated carbocycles. The molecule has 6 nitrogen and oxygen atoms in total. The Balaban J connectivity index is 1.81. The average Bonchev–Trinajstić information content (AvgIpc) is 2.73. The van der Waals surface area contributed by atoms with E-state index in [1.165, 1.54) is 4.90 Å². The molecule has 2 aromatic carbocycles. The number of carbonyl (C=O) groups excluding carboxylic acids is 2. The number of benzene rings is 2. The van der Waals surface area contributed by atoms with Gasteiger partial charge >= 0.3 is 0 Å². The number of halogens is 1. The standard InChI is InChI=1S/C22H22ClN3O3/c1-24-9-11-25(12-10-24)14-20-18-8-7-17(29-2)13-19(18)21(27)26(22(20)28)16-5-3-15(23)4-6-16/h3-8,13-14H,9-12H2,1-2H3. The highest BCUT2D eigenvalue weighted by atomic mass is 35.5. The predicted octanol–water partition coefficient (Wildman–Crippen LogP) is 3.12. The number of methoxy groups -OCH3 is 1. The van der Waals surface area contributed by atoms with Gasteiger partial charge in [0.2, 0.25) is 0 Å². The molecule has 2 aromatic rings. The first-order valence-corrected chi connectivity index (χ1v) is 9.83. The van der Waals surface area contributed by atoms with Gasteiger partial charge in [0.15, 0.2) is 0 Å². The summed E-state index contributed by atoms with van der Waals surface area (Å²) < 4.78 is 5.30. The summed E-state index contributed by atoms with van der Waals surface area (Å²) in [6.45, 7) is 3.50. The maximum Gasteiger partial charge on any atom is 0.267 e. The van der Waals surface area contributed by atoms with E-state index in [0.29, 0.717) is 33.2 Å². The van der Waals surface area contributed by atoms with Crippen molar-refractivity contribution in [3.8, 4) is 5.75 Å². The summed E-state index contributed by atoms with van der Waals surface area (Å²) >= 11 is 5.99. The van der Waals surface area contributed by atoms with E-state index >= 15 is 0 Å². The molecule has 1 fully saturated rings. The van der Waals surface area contributed by atoms with E-state index in [-0.39, 0.29) is 11.8 Å². The van der Waals surface area contributed by atoms with E-state index in [0.717, 1.165) is 26.2 Å². The van der Waals surface area contributed by atoms with Crippen molar-refractivity contribution in [1.82, 2.24) is 9.80 Å². The molecule has 0 unspecified atom stereocenters. The van der Waals surface area contributed by atoms with E-state index in [4.69, 9.17) is 16.3 Å². The summed E-state index contributed by atoms with van der Waals surface area (Å²) in [5.74, 6) is -0.142. The molecular weight excluding hydrogens is 390 g/mol. The van der Waals surface area contributed by atoms with Crippen molar-refractivity contribution in [3.05, 3.63) is 64.8 Å². The van der Waals surface area contributed by atoms with E-state index in [1.54, 1.807) is 49.6 Å². The Kier molecular flexibility index (Phi) is 5.30. The molecular formula is C22H22ClN3O3. The first-order chi connectivity index (χ1) is 14.0. The number of nitrogens with zero attached hydrogens (tertiary/aromatic N) is 3. The lowest BCUT2D eigenvalue weighted by Gasteiger charge is -2.34. The number of anilines is 1. The number of likely N-dealkylation sites (N-methyl/N-ethyl adjacent to an activating group) is 1. The van der Waals surface area contributed by atoms with E-state index in [2.05, 4.69) is 16.8 Å². The lowest BCUT2D eigenvalue weighted by Crippen LogP contribution is -2.44. The molecule has 0 spiro atoms. The Morgan fingerprint density at radius 1 is 0.931 bits per heavy atom. The Bertz CT molecular complexity index is 979. The largest absolute Gasteiger partial charge is 0.497 e. The molecule has 4 rings (SSSR count). The van der Waals surface area contributed by atoms with Gasteiger partial charge in [-0.3, -0.25) is 9.59 Å². The maximum absolute atomic E-state index is 13.4. The highest BCUT2D eigenvalue weighted by Crippen LogP contribution is 2.34. The molecule has 0 bridgehead atoms. The molecule has 2 aliphatic heterocycles. The van der Waals surface area contributed by atoms with Crippen molar-refractivity contribution in [2.75, 3.05) is 45.2 Å². The van der Waals surface area contributed by atoms with Crippen molar-refractivity contribution in [2.24, 2.45) is 0 Å². The van der Waals surface area contributed by atoms with Crippen molar-refractivity contribution in [2.45, 2.75) is 0 Å². The minimum atomic E-state index is -0.373. The van der Waals surface area contributed by atoms with Gasteiger partial charge in [-0.05, 0) is 49.5 Å². The van der Waals surface area contributed by atoms with E-state index in [9.17, 15) is 9.59 Å². The summed E-state index contributed by atoms with van der Waals surface area (Å²) in [7, 11) is 3.64. The van der Waals surface area contributed by atoms with Crippen LogP contribution in [-0.4, -0.2) is 62.0 Å². The predicted molar refractivity (Wildman–Crippen MR) is 113 cm³/mol. The fraction of sp³-hybridized carbons (Fsp3) is 0.273. The smallest absolute Gasteiger partial charge is 0.267 e. The van der Waals surface area contributed by atoms with Gasteiger partial charge in [0.25, 0.3) is 11.8 Å². The van der Waals surface area contributed by atoms with Crippen LogP contribution in [0.2, 0.25) is 5.02 Å². The van der Waals surface area contributed by atoms with Crippen LogP contribution in [0.15, 0.2) is 48.7 Å². The number of fused-ring (bicyclic) bond motifs is 1. The second-order valence-electron chi connectivity index (χ2n) is 7.22. The molecule has 2 amide bonds. The summed E-state index contributed by atoms with van der Waals surface area (Å²) in [6, 6.07) is 11.9. The Hall–Kier alpha value is -2.83. The van der Waals surface area contributed by atoms with Crippen LogP contribution in [0.5, 0.6) is 5.75 Å². The number of ether oxygens (including phenoxy) is 1. The lowest BCUT2D eigenvalue weighted by molar-refractivity contribution is -0.112. The SMILES string of the molecule is COc1ccc2c(c1)C(=O)N(c1ccc(Cl)cc1)C(=O)C2=CN1CCN(C)CC1. The Morgan fingerprint density at radius 2 is 1.62 bits per heavy atom. The molecule has 29 heavy (non-hydrogen) atoms. The minimum absolute atomic E-state index is 0.339. The van der Waals surface area contributed by atoms with Gasteiger partial charge in [-0.25, -0.2) is 4.90 Å². The second kappa shape index (κ2) is 7.89.